The average Bonchev–Trinajstić information content (AvgIpc) is 2.49. The third-order valence-electron chi connectivity index (χ3n) is 3.19. The van der Waals surface area contributed by atoms with E-state index in [0.717, 1.165) is 10.6 Å². The molecule has 9 heteroatoms. The molecule has 1 amide bonds. The predicted octanol–water partition coefficient (Wildman–Crippen LogP) is 2.90. The van der Waals surface area contributed by atoms with E-state index in [2.05, 4.69) is 15.0 Å². The van der Waals surface area contributed by atoms with Gasteiger partial charge in [-0.15, -0.1) is 13.2 Å². The molecule has 0 atom stereocenters. The van der Waals surface area contributed by atoms with Crippen LogP contribution in [0.4, 0.5) is 18.9 Å². The summed E-state index contributed by atoms with van der Waals surface area (Å²) in [5, 5.41) is 2.29. The number of alkyl halides is 3. The maximum Gasteiger partial charge on any atom is 0.573 e. The van der Waals surface area contributed by atoms with E-state index in [1.54, 1.807) is 0 Å². The Morgan fingerprint density at radius 1 is 1.32 bits per heavy atom. The molecule has 1 heterocycles. The van der Waals surface area contributed by atoms with Crippen molar-refractivity contribution in [3.8, 4) is 5.75 Å². The molecule has 134 valence electrons. The van der Waals surface area contributed by atoms with Crippen LogP contribution in [0.1, 0.15) is 25.5 Å². The summed E-state index contributed by atoms with van der Waals surface area (Å²) in [6, 6.07) is 6.45. The van der Waals surface area contributed by atoms with Crippen LogP contribution < -0.4 is 15.6 Å². The highest BCUT2D eigenvalue weighted by Crippen LogP contribution is 2.29. The molecule has 0 fully saturated rings. The molecule has 0 radical (unpaired) electrons. The Bertz CT molecular complexity index is 816. The van der Waals surface area contributed by atoms with Gasteiger partial charge < -0.3 is 10.1 Å². The van der Waals surface area contributed by atoms with Crippen LogP contribution in [0.15, 0.2) is 41.5 Å². The van der Waals surface area contributed by atoms with Crippen LogP contribution in [-0.2, 0) is 11.3 Å². The lowest BCUT2D eigenvalue weighted by Crippen LogP contribution is -2.28. The normalized spacial score (nSPS) is 11.4. The summed E-state index contributed by atoms with van der Waals surface area (Å²) >= 11 is 0. The number of halogens is 3. The number of hydrogen-bond donors (Lipinski definition) is 1. The second-order valence-electron chi connectivity index (χ2n) is 5.53. The van der Waals surface area contributed by atoms with Gasteiger partial charge in [0.25, 0.3) is 5.56 Å². The van der Waals surface area contributed by atoms with Crippen molar-refractivity contribution in [1.29, 1.82) is 0 Å². The fraction of sp³-hybridized carbons (Fsp3) is 0.312. The number of anilines is 1. The lowest BCUT2D eigenvalue weighted by molar-refractivity contribution is -0.274. The number of para-hydroxylation sites is 2. The van der Waals surface area contributed by atoms with Crippen molar-refractivity contribution in [3.05, 3.63) is 52.7 Å². The van der Waals surface area contributed by atoms with E-state index in [-0.39, 0.29) is 18.2 Å². The number of amides is 1. The topological polar surface area (TPSA) is 73.2 Å². The molecule has 0 saturated heterocycles. The molecule has 25 heavy (non-hydrogen) atoms. The highest BCUT2D eigenvalue weighted by Gasteiger charge is 2.32. The SMILES string of the molecule is CC(C)c1cc(=O)n(CC(=O)Nc2ccccc2OC(F)(F)F)cn1. The van der Waals surface area contributed by atoms with Gasteiger partial charge in [0.2, 0.25) is 5.91 Å². The molecule has 0 aliphatic carbocycles. The van der Waals surface area contributed by atoms with Crippen LogP contribution in [-0.4, -0.2) is 21.8 Å². The van der Waals surface area contributed by atoms with Crippen molar-refractivity contribution in [2.45, 2.75) is 32.7 Å². The molecule has 2 rings (SSSR count). The van der Waals surface area contributed by atoms with E-state index < -0.39 is 23.6 Å². The lowest BCUT2D eigenvalue weighted by Gasteiger charge is -2.14. The number of aromatic nitrogens is 2. The maximum absolute atomic E-state index is 12.4. The Labute approximate surface area is 141 Å². The van der Waals surface area contributed by atoms with Gasteiger partial charge >= 0.3 is 6.36 Å². The second kappa shape index (κ2) is 7.37. The van der Waals surface area contributed by atoms with Gasteiger partial charge in [0, 0.05) is 6.07 Å². The van der Waals surface area contributed by atoms with Crippen LogP contribution in [0, 0.1) is 0 Å². The summed E-state index contributed by atoms with van der Waals surface area (Å²) in [4.78, 5) is 28.1. The molecule has 0 unspecified atom stereocenters. The number of benzene rings is 1. The van der Waals surface area contributed by atoms with E-state index in [1.165, 1.54) is 30.6 Å². The van der Waals surface area contributed by atoms with E-state index in [1.807, 2.05) is 13.8 Å². The van der Waals surface area contributed by atoms with Crippen molar-refractivity contribution in [2.24, 2.45) is 0 Å². The molecule has 6 nitrogen and oxygen atoms in total. The largest absolute Gasteiger partial charge is 0.573 e. The summed E-state index contributed by atoms with van der Waals surface area (Å²) in [7, 11) is 0. The Morgan fingerprint density at radius 3 is 2.60 bits per heavy atom. The fourth-order valence-corrected chi connectivity index (χ4v) is 2.00. The number of ether oxygens (including phenoxy) is 1. The number of carbonyl (C=O) groups is 1. The molecule has 0 aliphatic rings. The van der Waals surface area contributed by atoms with Gasteiger partial charge in [-0.3, -0.25) is 14.2 Å². The minimum Gasteiger partial charge on any atom is -0.404 e. The van der Waals surface area contributed by atoms with Gasteiger partial charge in [-0.25, -0.2) is 4.98 Å². The quantitative estimate of drug-likeness (QED) is 0.895. The van der Waals surface area contributed by atoms with E-state index >= 15 is 0 Å². The lowest BCUT2D eigenvalue weighted by atomic mass is 10.1. The van der Waals surface area contributed by atoms with Crippen molar-refractivity contribution < 1.29 is 22.7 Å². The van der Waals surface area contributed by atoms with E-state index in [9.17, 15) is 22.8 Å². The van der Waals surface area contributed by atoms with E-state index in [0.29, 0.717) is 5.69 Å². The highest BCUT2D eigenvalue weighted by atomic mass is 19.4. The Balaban J connectivity index is 2.12. The first kappa shape index (κ1) is 18.5. The smallest absolute Gasteiger partial charge is 0.404 e. The molecule has 2 aromatic rings. The Hall–Kier alpha value is -2.84. The van der Waals surface area contributed by atoms with Crippen molar-refractivity contribution in [1.82, 2.24) is 9.55 Å². The monoisotopic (exact) mass is 355 g/mol. The first-order valence-corrected chi connectivity index (χ1v) is 7.36. The Morgan fingerprint density at radius 2 is 2.00 bits per heavy atom. The maximum atomic E-state index is 12.4. The number of rotatable bonds is 5. The zero-order chi connectivity index (χ0) is 18.6. The minimum atomic E-state index is -4.88. The predicted molar refractivity (Wildman–Crippen MR) is 84.3 cm³/mol. The molecular weight excluding hydrogens is 339 g/mol. The number of nitrogens with zero attached hydrogens (tertiary/aromatic N) is 2. The van der Waals surface area contributed by atoms with Gasteiger partial charge in [-0.1, -0.05) is 26.0 Å². The zero-order valence-electron chi connectivity index (χ0n) is 13.5. The molecule has 0 saturated carbocycles. The van der Waals surface area contributed by atoms with Crippen molar-refractivity contribution in [2.75, 3.05) is 5.32 Å². The standard InChI is InChI=1S/C16H16F3N3O3/c1-10(2)12-7-15(24)22(9-20-12)8-14(23)21-11-5-3-4-6-13(11)25-16(17,18)19/h3-7,9-10H,8H2,1-2H3,(H,21,23). The third-order valence-corrected chi connectivity index (χ3v) is 3.19. The molecular formula is C16H16F3N3O3. The van der Waals surface area contributed by atoms with Gasteiger partial charge in [-0.2, -0.15) is 0 Å². The molecule has 0 spiro atoms. The molecule has 0 aliphatic heterocycles. The van der Waals surface area contributed by atoms with Crippen LogP contribution >= 0.6 is 0 Å². The molecule has 1 aromatic heterocycles. The van der Waals surface area contributed by atoms with Crippen LogP contribution in [0.5, 0.6) is 5.75 Å². The van der Waals surface area contributed by atoms with Gasteiger partial charge in [0.15, 0.2) is 5.75 Å². The summed E-state index contributed by atoms with van der Waals surface area (Å²) < 4.78 is 42.0. The van der Waals surface area contributed by atoms with Gasteiger partial charge in [0.05, 0.1) is 17.7 Å². The van der Waals surface area contributed by atoms with Gasteiger partial charge in [-0.05, 0) is 18.1 Å². The molecule has 0 bridgehead atoms. The van der Waals surface area contributed by atoms with Crippen LogP contribution in [0.3, 0.4) is 0 Å². The van der Waals surface area contributed by atoms with Crippen LogP contribution in [0.2, 0.25) is 0 Å². The fourth-order valence-electron chi connectivity index (χ4n) is 2.00. The van der Waals surface area contributed by atoms with Crippen molar-refractivity contribution >= 4 is 11.6 Å². The van der Waals surface area contributed by atoms with Crippen LogP contribution in [0.25, 0.3) is 0 Å². The number of nitrogens with one attached hydrogen (secondary N) is 1. The van der Waals surface area contributed by atoms with Crippen molar-refractivity contribution in [3.63, 3.8) is 0 Å². The van der Waals surface area contributed by atoms with E-state index in [4.69, 9.17) is 0 Å². The minimum absolute atomic E-state index is 0.0579. The summed E-state index contributed by atoms with van der Waals surface area (Å²) in [5.41, 5.74) is 0.0175. The Kier molecular flexibility index (Phi) is 5.45. The zero-order valence-corrected chi connectivity index (χ0v) is 13.5. The first-order valence-electron chi connectivity index (χ1n) is 7.36. The highest BCUT2D eigenvalue weighted by molar-refractivity contribution is 5.92. The number of hydrogen-bond acceptors (Lipinski definition) is 4. The summed E-state index contributed by atoms with van der Waals surface area (Å²) in [6.45, 7) is 3.36. The molecule has 1 N–H and O–H groups in total. The average molecular weight is 355 g/mol. The van der Waals surface area contributed by atoms with Gasteiger partial charge in [0.1, 0.15) is 6.54 Å². The first-order chi connectivity index (χ1) is 11.7. The third kappa shape index (κ3) is 5.33. The number of carbonyl (C=O) groups excluding carboxylic acids is 1. The summed E-state index contributed by atoms with van der Waals surface area (Å²) in [6.07, 6.45) is -3.65. The second-order valence-corrected chi connectivity index (χ2v) is 5.53. The molecule has 1 aromatic carbocycles. The summed E-state index contributed by atoms with van der Waals surface area (Å²) in [5.74, 6) is -1.16.